The molecule has 7 nitrogen and oxygen atoms in total. The summed E-state index contributed by atoms with van der Waals surface area (Å²) in [6.45, 7) is 10.9. The first-order chi connectivity index (χ1) is 21.6. The Morgan fingerprint density at radius 3 is 2.02 bits per heavy atom. The highest BCUT2D eigenvalue weighted by Gasteiger charge is 2.36. The highest BCUT2D eigenvalue weighted by molar-refractivity contribution is 9.10. The second kappa shape index (κ2) is 14.6. The van der Waals surface area contributed by atoms with Crippen LogP contribution in [0.4, 0.5) is 5.69 Å². The molecule has 1 N–H and O–H groups in total. The number of anilines is 1. The molecule has 0 aliphatic rings. The van der Waals surface area contributed by atoms with Gasteiger partial charge < -0.3 is 10.2 Å². The maximum absolute atomic E-state index is 14.7. The number of aryl methyl sites for hydroxylation is 3. The number of benzene rings is 4. The SMILES string of the molecule is Cc1ccc(S(=O)(=O)N(CC(=O)N(Cc2ccc(Br)cc2)C(Cc2ccccc2)C(=O)NC(C)(C)C)c2cc(C)ccc2C)cc1. The molecule has 0 aliphatic heterocycles. The fraction of sp³-hybridized carbons (Fsp3) is 0.297. The number of nitrogens with zero attached hydrogens (tertiary/aromatic N) is 2. The lowest BCUT2D eigenvalue weighted by molar-refractivity contribution is -0.140. The Hall–Kier alpha value is -3.95. The molecule has 9 heteroatoms. The van der Waals surface area contributed by atoms with Gasteiger partial charge >= 0.3 is 0 Å². The molecular weight excluding hydrogens is 662 g/mol. The maximum atomic E-state index is 14.7. The lowest BCUT2D eigenvalue weighted by Gasteiger charge is -2.35. The summed E-state index contributed by atoms with van der Waals surface area (Å²) in [4.78, 5) is 30.3. The van der Waals surface area contributed by atoms with Crippen molar-refractivity contribution in [3.63, 3.8) is 0 Å². The van der Waals surface area contributed by atoms with Crippen LogP contribution in [0.2, 0.25) is 0 Å². The minimum atomic E-state index is -4.17. The number of carbonyl (C=O) groups excluding carboxylic acids is 2. The molecule has 0 radical (unpaired) electrons. The van der Waals surface area contributed by atoms with E-state index in [2.05, 4.69) is 21.2 Å². The number of carbonyl (C=O) groups is 2. The largest absolute Gasteiger partial charge is 0.350 e. The van der Waals surface area contributed by atoms with E-state index in [9.17, 15) is 18.0 Å². The van der Waals surface area contributed by atoms with E-state index in [0.717, 1.165) is 26.7 Å². The van der Waals surface area contributed by atoms with Gasteiger partial charge in [-0.05, 0) is 94.1 Å². The number of amides is 2. The Balaban J connectivity index is 1.84. The molecule has 0 spiro atoms. The predicted molar refractivity (Wildman–Crippen MR) is 188 cm³/mol. The molecule has 0 saturated carbocycles. The molecule has 4 aromatic rings. The van der Waals surface area contributed by atoms with E-state index in [1.807, 2.05) is 108 Å². The van der Waals surface area contributed by atoms with Crippen LogP contribution in [0, 0.1) is 20.8 Å². The molecule has 0 aromatic heterocycles. The number of rotatable bonds is 11. The summed E-state index contributed by atoms with van der Waals surface area (Å²) in [5.74, 6) is -0.814. The zero-order valence-electron chi connectivity index (χ0n) is 27.2. The van der Waals surface area contributed by atoms with Crippen LogP contribution >= 0.6 is 15.9 Å². The Kier molecular flexibility index (Phi) is 11.1. The summed E-state index contributed by atoms with van der Waals surface area (Å²) in [7, 11) is -4.17. The molecule has 242 valence electrons. The number of hydrogen-bond donors (Lipinski definition) is 1. The third-order valence-corrected chi connectivity index (χ3v) is 9.86. The minimum Gasteiger partial charge on any atom is -0.350 e. The fourth-order valence-corrected chi connectivity index (χ4v) is 6.87. The molecule has 1 unspecified atom stereocenters. The Morgan fingerprint density at radius 2 is 1.41 bits per heavy atom. The average Bonchev–Trinajstić information content (AvgIpc) is 2.99. The summed E-state index contributed by atoms with van der Waals surface area (Å²) in [6.07, 6.45) is 0.249. The molecule has 0 fully saturated rings. The molecule has 1 atom stereocenters. The molecule has 2 amide bonds. The minimum absolute atomic E-state index is 0.0811. The summed E-state index contributed by atoms with van der Waals surface area (Å²) in [6, 6.07) is 28.3. The van der Waals surface area contributed by atoms with Crippen molar-refractivity contribution in [2.45, 2.75) is 71.0 Å². The van der Waals surface area contributed by atoms with Crippen molar-refractivity contribution in [2.75, 3.05) is 10.8 Å². The number of halogens is 1. The van der Waals surface area contributed by atoms with Crippen molar-refractivity contribution < 1.29 is 18.0 Å². The molecule has 4 aromatic carbocycles. The third-order valence-electron chi connectivity index (χ3n) is 7.56. The first-order valence-corrected chi connectivity index (χ1v) is 17.4. The molecule has 0 bridgehead atoms. The molecule has 0 heterocycles. The second-order valence-corrected chi connectivity index (χ2v) is 15.5. The van der Waals surface area contributed by atoms with E-state index in [4.69, 9.17) is 0 Å². The first kappa shape index (κ1) is 34.9. The third kappa shape index (κ3) is 9.07. The van der Waals surface area contributed by atoms with Gasteiger partial charge in [-0.3, -0.25) is 13.9 Å². The standard InChI is InChI=1S/C37H42BrN3O4S/c1-26-13-20-32(21-14-26)46(44,45)41(33-22-27(2)12-15-28(33)3)25-35(42)40(24-30-16-18-31(38)19-17-30)34(36(43)39-37(4,5)6)23-29-10-8-7-9-11-29/h7-22,34H,23-25H2,1-6H3,(H,39,43). The van der Waals surface area contributed by atoms with E-state index in [0.29, 0.717) is 11.3 Å². The van der Waals surface area contributed by atoms with Gasteiger partial charge in [0.1, 0.15) is 12.6 Å². The van der Waals surface area contributed by atoms with Crippen molar-refractivity contribution in [1.82, 2.24) is 10.2 Å². The molecule has 0 saturated heterocycles. The van der Waals surface area contributed by atoms with Crippen molar-refractivity contribution >= 4 is 43.5 Å². The van der Waals surface area contributed by atoms with Crippen molar-refractivity contribution in [3.8, 4) is 0 Å². The topological polar surface area (TPSA) is 86.8 Å². The second-order valence-electron chi connectivity index (χ2n) is 12.7. The van der Waals surface area contributed by atoms with Gasteiger partial charge in [0.15, 0.2) is 0 Å². The summed E-state index contributed by atoms with van der Waals surface area (Å²) >= 11 is 3.47. The van der Waals surface area contributed by atoms with E-state index in [1.54, 1.807) is 30.3 Å². The van der Waals surface area contributed by atoms with Crippen LogP contribution in [0.3, 0.4) is 0 Å². The van der Waals surface area contributed by atoms with Gasteiger partial charge in [-0.1, -0.05) is 88.2 Å². The van der Waals surface area contributed by atoms with Crippen LogP contribution in [0.1, 0.15) is 48.6 Å². The van der Waals surface area contributed by atoms with Crippen LogP contribution in [0.25, 0.3) is 0 Å². The van der Waals surface area contributed by atoms with Gasteiger partial charge in [0.2, 0.25) is 11.8 Å². The first-order valence-electron chi connectivity index (χ1n) is 15.2. The Bertz CT molecular complexity index is 1770. The maximum Gasteiger partial charge on any atom is 0.264 e. The van der Waals surface area contributed by atoms with Crippen LogP contribution in [-0.4, -0.2) is 43.3 Å². The summed E-state index contributed by atoms with van der Waals surface area (Å²) in [5, 5.41) is 3.06. The molecule has 4 rings (SSSR count). The summed E-state index contributed by atoms with van der Waals surface area (Å²) in [5.41, 5.74) is 4.02. The molecular formula is C37H42BrN3O4S. The van der Waals surface area contributed by atoms with Gasteiger partial charge in [0.25, 0.3) is 10.0 Å². The van der Waals surface area contributed by atoms with Gasteiger partial charge in [0.05, 0.1) is 10.6 Å². The highest BCUT2D eigenvalue weighted by atomic mass is 79.9. The van der Waals surface area contributed by atoms with Crippen molar-refractivity contribution in [2.24, 2.45) is 0 Å². The highest BCUT2D eigenvalue weighted by Crippen LogP contribution is 2.29. The normalized spacial score (nSPS) is 12.3. The van der Waals surface area contributed by atoms with Crippen LogP contribution in [0.5, 0.6) is 0 Å². The van der Waals surface area contributed by atoms with E-state index < -0.39 is 34.1 Å². The molecule has 46 heavy (non-hydrogen) atoms. The molecule has 0 aliphatic carbocycles. The quantitative estimate of drug-likeness (QED) is 0.180. The van der Waals surface area contributed by atoms with Crippen molar-refractivity contribution in [1.29, 1.82) is 0 Å². The fourth-order valence-electron chi connectivity index (χ4n) is 5.13. The smallest absolute Gasteiger partial charge is 0.264 e. The van der Waals surface area contributed by atoms with Crippen LogP contribution in [-0.2, 0) is 32.6 Å². The number of nitrogens with one attached hydrogen (secondary N) is 1. The van der Waals surface area contributed by atoms with Gasteiger partial charge in [-0.25, -0.2) is 8.42 Å². The number of sulfonamides is 1. The average molecular weight is 705 g/mol. The zero-order chi connectivity index (χ0) is 33.6. The monoisotopic (exact) mass is 703 g/mol. The van der Waals surface area contributed by atoms with E-state index in [-0.39, 0.29) is 23.8 Å². The Labute approximate surface area is 281 Å². The predicted octanol–water partition coefficient (Wildman–Crippen LogP) is 7.12. The lowest BCUT2D eigenvalue weighted by atomic mass is 10.0. The van der Waals surface area contributed by atoms with Crippen LogP contribution < -0.4 is 9.62 Å². The number of hydrogen-bond acceptors (Lipinski definition) is 4. The van der Waals surface area contributed by atoms with Crippen molar-refractivity contribution in [3.05, 3.63) is 129 Å². The lowest BCUT2D eigenvalue weighted by Crippen LogP contribution is -2.56. The van der Waals surface area contributed by atoms with Gasteiger partial charge in [-0.2, -0.15) is 0 Å². The van der Waals surface area contributed by atoms with Crippen LogP contribution in [0.15, 0.2) is 106 Å². The van der Waals surface area contributed by atoms with Gasteiger partial charge in [-0.15, -0.1) is 0 Å². The summed E-state index contributed by atoms with van der Waals surface area (Å²) < 4.78 is 30.7. The van der Waals surface area contributed by atoms with Gasteiger partial charge in [0, 0.05) is 23.0 Å². The van der Waals surface area contributed by atoms with E-state index in [1.165, 1.54) is 9.21 Å². The zero-order valence-corrected chi connectivity index (χ0v) is 29.7. The van der Waals surface area contributed by atoms with E-state index >= 15 is 0 Å². The Morgan fingerprint density at radius 1 is 0.804 bits per heavy atom.